The SMILES string of the molecule is COc1ccc2c(c1OC)C[N+]1(Cc3ccccc3)CCCc3cc4c(cc3C1C2)OCO4. The van der Waals surface area contributed by atoms with Crippen LogP contribution in [0.1, 0.15) is 40.3 Å². The van der Waals surface area contributed by atoms with Gasteiger partial charge in [0.15, 0.2) is 23.0 Å². The van der Waals surface area contributed by atoms with E-state index in [1.54, 1.807) is 14.2 Å². The summed E-state index contributed by atoms with van der Waals surface area (Å²) in [5.41, 5.74) is 6.82. The number of ether oxygens (including phenoxy) is 4. The van der Waals surface area contributed by atoms with Crippen LogP contribution in [0.15, 0.2) is 54.6 Å². The maximum atomic E-state index is 5.90. The summed E-state index contributed by atoms with van der Waals surface area (Å²) in [6.07, 6.45) is 3.17. The molecule has 0 saturated heterocycles. The minimum absolute atomic E-state index is 0.312. The van der Waals surface area contributed by atoms with Gasteiger partial charge < -0.3 is 23.4 Å². The molecule has 0 amide bonds. The minimum atomic E-state index is 0.312. The smallest absolute Gasteiger partial charge is 0.231 e. The molecule has 5 heteroatoms. The topological polar surface area (TPSA) is 36.9 Å². The number of hydrogen-bond acceptors (Lipinski definition) is 4. The molecule has 3 aromatic rings. The third-order valence-corrected chi connectivity index (χ3v) is 7.68. The van der Waals surface area contributed by atoms with Crippen LogP contribution in [-0.4, -0.2) is 32.0 Å². The predicted molar refractivity (Wildman–Crippen MR) is 126 cm³/mol. The fourth-order valence-corrected chi connectivity index (χ4v) is 6.17. The first-order chi connectivity index (χ1) is 16.2. The minimum Gasteiger partial charge on any atom is -0.493 e. The predicted octanol–water partition coefficient (Wildman–Crippen LogP) is 5.19. The summed E-state index contributed by atoms with van der Waals surface area (Å²) in [4.78, 5) is 0. The van der Waals surface area contributed by atoms with Gasteiger partial charge in [-0.2, -0.15) is 0 Å². The number of methoxy groups -OCH3 is 2. The average molecular weight is 445 g/mol. The third kappa shape index (κ3) is 3.34. The Hall–Kier alpha value is -3.18. The van der Waals surface area contributed by atoms with Crippen molar-refractivity contribution in [2.24, 2.45) is 0 Å². The van der Waals surface area contributed by atoms with Crippen LogP contribution in [0, 0.1) is 0 Å². The zero-order valence-electron chi connectivity index (χ0n) is 19.3. The summed E-state index contributed by atoms with van der Waals surface area (Å²) in [7, 11) is 3.47. The Balaban J connectivity index is 1.53. The second-order valence-electron chi connectivity index (χ2n) is 9.41. The van der Waals surface area contributed by atoms with Crippen LogP contribution in [0.2, 0.25) is 0 Å². The van der Waals surface area contributed by atoms with Gasteiger partial charge in [-0.15, -0.1) is 0 Å². The molecule has 3 aliphatic heterocycles. The highest BCUT2D eigenvalue weighted by Gasteiger charge is 2.46. The number of benzene rings is 3. The molecular weight excluding hydrogens is 414 g/mol. The summed E-state index contributed by atoms with van der Waals surface area (Å²) in [6, 6.07) is 20.0. The molecule has 0 spiro atoms. The van der Waals surface area contributed by atoms with Crippen LogP contribution >= 0.6 is 0 Å². The summed E-state index contributed by atoms with van der Waals surface area (Å²) in [5.74, 6) is 3.46. The molecule has 0 aliphatic carbocycles. The lowest BCUT2D eigenvalue weighted by atomic mass is 9.85. The third-order valence-electron chi connectivity index (χ3n) is 7.68. The van der Waals surface area contributed by atoms with Crippen molar-refractivity contribution in [3.63, 3.8) is 0 Å². The lowest BCUT2D eigenvalue weighted by Crippen LogP contribution is -2.52. The molecule has 0 N–H and O–H groups in total. The van der Waals surface area contributed by atoms with Gasteiger partial charge >= 0.3 is 0 Å². The number of quaternary nitrogens is 1. The maximum absolute atomic E-state index is 5.90. The maximum Gasteiger partial charge on any atom is 0.231 e. The van der Waals surface area contributed by atoms with Crippen molar-refractivity contribution in [3.8, 4) is 23.0 Å². The van der Waals surface area contributed by atoms with E-state index in [9.17, 15) is 0 Å². The highest BCUT2D eigenvalue weighted by Crippen LogP contribution is 2.50. The average Bonchev–Trinajstić information content (AvgIpc) is 3.24. The van der Waals surface area contributed by atoms with Crippen molar-refractivity contribution in [2.75, 3.05) is 27.6 Å². The fourth-order valence-electron chi connectivity index (χ4n) is 6.17. The molecule has 3 heterocycles. The standard InChI is InChI=1S/C28H30NO4/c1-30-25-11-10-21-13-24-22-15-27-26(32-18-33-27)14-20(22)9-6-12-29(24,17-23(21)28(25)31-2)16-19-7-4-3-5-8-19/h3-5,7-8,10-11,14-15,24H,6,9,12-13,16-18H2,1-2H3/q+1. The van der Waals surface area contributed by atoms with E-state index in [2.05, 4.69) is 48.5 Å². The molecule has 0 bridgehead atoms. The fraction of sp³-hybridized carbons (Fsp3) is 0.357. The molecule has 6 rings (SSSR count). The number of aryl methyl sites for hydroxylation is 1. The van der Waals surface area contributed by atoms with Gasteiger partial charge in [0.1, 0.15) is 19.1 Å². The molecule has 5 nitrogen and oxygen atoms in total. The van der Waals surface area contributed by atoms with E-state index >= 15 is 0 Å². The van der Waals surface area contributed by atoms with E-state index in [0.29, 0.717) is 12.8 Å². The summed E-state index contributed by atoms with van der Waals surface area (Å²) in [6.45, 7) is 3.33. The normalized spacial score (nSPS) is 22.5. The molecule has 2 unspecified atom stereocenters. The number of fused-ring (bicyclic) bond motifs is 5. The van der Waals surface area contributed by atoms with E-state index in [1.807, 2.05) is 6.07 Å². The highest BCUT2D eigenvalue weighted by molar-refractivity contribution is 5.54. The molecule has 2 atom stereocenters. The van der Waals surface area contributed by atoms with Crippen LogP contribution in [0.5, 0.6) is 23.0 Å². The van der Waals surface area contributed by atoms with Gasteiger partial charge in [-0.1, -0.05) is 36.4 Å². The van der Waals surface area contributed by atoms with Crippen LogP contribution in [0.25, 0.3) is 0 Å². The first-order valence-electron chi connectivity index (χ1n) is 11.8. The van der Waals surface area contributed by atoms with E-state index in [1.165, 1.54) is 27.8 Å². The van der Waals surface area contributed by atoms with Gasteiger partial charge in [0.25, 0.3) is 0 Å². The van der Waals surface area contributed by atoms with Crippen LogP contribution in [0.3, 0.4) is 0 Å². The lowest BCUT2D eigenvalue weighted by Gasteiger charge is -2.48. The molecule has 3 aromatic carbocycles. The van der Waals surface area contributed by atoms with E-state index in [-0.39, 0.29) is 0 Å². The molecule has 0 radical (unpaired) electrons. The first kappa shape index (κ1) is 20.4. The van der Waals surface area contributed by atoms with Gasteiger partial charge in [0, 0.05) is 24.0 Å². The monoisotopic (exact) mass is 444 g/mol. The van der Waals surface area contributed by atoms with Gasteiger partial charge in [-0.25, -0.2) is 0 Å². The van der Waals surface area contributed by atoms with Gasteiger partial charge in [0.05, 0.1) is 26.3 Å². The molecule has 0 aromatic heterocycles. The Labute approximate surface area is 195 Å². The zero-order valence-corrected chi connectivity index (χ0v) is 19.3. The molecule has 33 heavy (non-hydrogen) atoms. The van der Waals surface area contributed by atoms with Crippen molar-refractivity contribution in [1.82, 2.24) is 0 Å². The Morgan fingerprint density at radius 3 is 2.55 bits per heavy atom. The zero-order chi connectivity index (χ0) is 22.4. The highest BCUT2D eigenvalue weighted by atomic mass is 16.7. The quantitative estimate of drug-likeness (QED) is 0.519. The van der Waals surface area contributed by atoms with Crippen LogP contribution in [-0.2, 0) is 25.9 Å². The first-order valence-corrected chi connectivity index (χ1v) is 11.8. The summed E-state index contributed by atoms with van der Waals surface area (Å²) in [5, 5.41) is 0. The molecular formula is C28H30NO4+. The van der Waals surface area contributed by atoms with Crippen LogP contribution < -0.4 is 18.9 Å². The van der Waals surface area contributed by atoms with Gasteiger partial charge in [-0.3, -0.25) is 0 Å². The van der Waals surface area contributed by atoms with E-state index < -0.39 is 0 Å². The number of nitrogens with zero attached hydrogens (tertiary/aromatic N) is 1. The summed E-state index contributed by atoms with van der Waals surface area (Å²) < 4.78 is 24.1. The second kappa shape index (κ2) is 7.99. The van der Waals surface area contributed by atoms with E-state index in [4.69, 9.17) is 18.9 Å². The van der Waals surface area contributed by atoms with Crippen molar-refractivity contribution in [3.05, 3.63) is 82.4 Å². The molecule has 0 saturated carbocycles. The number of rotatable bonds is 4. The Bertz CT molecular complexity index is 1190. The van der Waals surface area contributed by atoms with E-state index in [0.717, 1.165) is 66.4 Å². The Kier molecular flexibility index (Phi) is 4.95. The van der Waals surface area contributed by atoms with Crippen molar-refractivity contribution >= 4 is 0 Å². The van der Waals surface area contributed by atoms with Gasteiger partial charge in [-0.05, 0) is 35.7 Å². The van der Waals surface area contributed by atoms with Crippen molar-refractivity contribution in [2.45, 2.75) is 38.4 Å². The molecule has 3 aliphatic rings. The van der Waals surface area contributed by atoms with Gasteiger partial charge in [0.2, 0.25) is 6.79 Å². The van der Waals surface area contributed by atoms with Crippen LogP contribution in [0.4, 0.5) is 0 Å². The largest absolute Gasteiger partial charge is 0.493 e. The molecule has 0 fully saturated rings. The van der Waals surface area contributed by atoms with Crippen molar-refractivity contribution < 1.29 is 23.4 Å². The Morgan fingerprint density at radius 2 is 1.76 bits per heavy atom. The summed E-state index contributed by atoms with van der Waals surface area (Å²) >= 11 is 0. The molecule has 170 valence electrons. The lowest BCUT2D eigenvalue weighted by molar-refractivity contribution is -0.983. The number of hydrogen-bond donors (Lipinski definition) is 0. The van der Waals surface area contributed by atoms with Crippen molar-refractivity contribution in [1.29, 1.82) is 0 Å². The second-order valence-corrected chi connectivity index (χ2v) is 9.41. The Morgan fingerprint density at radius 1 is 0.939 bits per heavy atom.